The molecular formula is C21H23ClN4O6S. The van der Waals surface area contributed by atoms with Gasteiger partial charge in [-0.2, -0.15) is 4.72 Å². The van der Waals surface area contributed by atoms with E-state index in [1.165, 1.54) is 35.2 Å². The van der Waals surface area contributed by atoms with E-state index < -0.39 is 35.4 Å². The molecule has 0 spiro atoms. The second kappa shape index (κ2) is 10.00. The summed E-state index contributed by atoms with van der Waals surface area (Å²) in [5.41, 5.74) is -0.165. The average Bonchev–Trinajstić information content (AvgIpc) is 3.10. The van der Waals surface area contributed by atoms with Crippen LogP contribution in [0.2, 0.25) is 5.02 Å². The molecule has 0 saturated heterocycles. The Morgan fingerprint density at radius 3 is 2.18 bits per heavy atom. The quantitative estimate of drug-likeness (QED) is 0.278. The van der Waals surface area contributed by atoms with Crippen molar-refractivity contribution in [3.8, 4) is 5.69 Å². The molecule has 0 unspecified atom stereocenters. The van der Waals surface area contributed by atoms with Gasteiger partial charge in [0.2, 0.25) is 10.0 Å². The number of rotatable bonds is 9. The van der Waals surface area contributed by atoms with E-state index in [0.717, 1.165) is 0 Å². The molecule has 0 aliphatic heterocycles. The highest BCUT2D eigenvalue weighted by atomic mass is 35.5. The van der Waals surface area contributed by atoms with Crippen molar-refractivity contribution in [3.63, 3.8) is 0 Å². The lowest BCUT2D eigenvalue weighted by Gasteiger charge is -2.28. The molecule has 0 saturated carbocycles. The molecule has 3 aromatic rings. The van der Waals surface area contributed by atoms with E-state index >= 15 is 0 Å². The van der Waals surface area contributed by atoms with E-state index in [0.29, 0.717) is 27.7 Å². The number of nitrogens with zero attached hydrogens (tertiary/aromatic N) is 2. The molecule has 0 bridgehead atoms. The van der Waals surface area contributed by atoms with Crippen LogP contribution in [0.4, 0.5) is 5.69 Å². The third kappa shape index (κ3) is 5.41. The van der Waals surface area contributed by atoms with E-state index in [1.54, 1.807) is 31.2 Å². The minimum absolute atomic E-state index is 0.149. The van der Waals surface area contributed by atoms with Gasteiger partial charge >= 0.3 is 0 Å². The number of nitrogens with one attached hydrogen (secondary N) is 2. The highest BCUT2D eigenvalue weighted by Gasteiger charge is 2.33. The monoisotopic (exact) mass is 494 g/mol. The van der Waals surface area contributed by atoms with Gasteiger partial charge in [0.25, 0.3) is 5.56 Å². The zero-order valence-electron chi connectivity index (χ0n) is 17.6. The molecule has 0 amide bonds. The van der Waals surface area contributed by atoms with Crippen molar-refractivity contribution in [1.82, 2.24) is 14.5 Å². The number of sulfonamides is 1. The van der Waals surface area contributed by atoms with Crippen molar-refractivity contribution in [2.45, 2.75) is 17.4 Å². The first kappa shape index (κ1) is 24.8. The van der Waals surface area contributed by atoms with Gasteiger partial charge in [0, 0.05) is 16.9 Å². The molecule has 0 radical (unpaired) electrons. The van der Waals surface area contributed by atoms with Crippen molar-refractivity contribution < 1.29 is 23.7 Å². The van der Waals surface area contributed by atoms with Crippen LogP contribution >= 0.6 is 11.6 Å². The Hall–Kier alpha value is -2.80. The van der Waals surface area contributed by atoms with E-state index in [-0.39, 0.29) is 10.5 Å². The summed E-state index contributed by atoms with van der Waals surface area (Å²) >= 11 is 5.89. The molecule has 12 heteroatoms. The lowest BCUT2D eigenvalue weighted by atomic mass is 10.1. The summed E-state index contributed by atoms with van der Waals surface area (Å²) in [7, 11) is -4.13. The van der Waals surface area contributed by atoms with Crippen LogP contribution < -0.4 is 10.3 Å². The number of aromatic nitrogens is 2. The molecule has 10 nitrogen and oxygen atoms in total. The molecule has 176 valence electrons. The second-order valence-corrected chi connectivity index (χ2v) is 9.50. The summed E-state index contributed by atoms with van der Waals surface area (Å²) < 4.78 is 28.5. The van der Waals surface area contributed by atoms with Crippen LogP contribution in [-0.4, -0.2) is 65.1 Å². The fourth-order valence-electron chi connectivity index (χ4n) is 2.92. The molecule has 3 rings (SSSR count). The summed E-state index contributed by atoms with van der Waals surface area (Å²) in [6.45, 7) is -0.631. The number of aromatic amines is 1. The Balaban J connectivity index is 1.82. The van der Waals surface area contributed by atoms with Crippen molar-refractivity contribution in [3.05, 3.63) is 75.2 Å². The normalized spacial score (nSPS) is 12.5. The van der Waals surface area contributed by atoms with Crippen LogP contribution in [-0.2, 0) is 10.0 Å². The van der Waals surface area contributed by atoms with Crippen LogP contribution in [0.5, 0.6) is 0 Å². The minimum Gasteiger partial charge on any atom is -0.394 e. The van der Waals surface area contributed by atoms with Gasteiger partial charge in [0.05, 0.1) is 41.7 Å². The Kier molecular flexibility index (Phi) is 7.52. The molecule has 0 aliphatic carbocycles. The van der Waals surface area contributed by atoms with Gasteiger partial charge in [-0.15, -0.1) is 0 Å². The lowest BCUT2D eigenvalue weighted by molar-refractivity contribution is 0.0582. The summed E-state index contributed by atoms with van der Waals surface area (Å²) in [5.74, 6) is 0. The summed E-state index contributed by atoms with van der Waals surface area (Å²) in [5, 5.41) is 31.5. The third-order valence-corrected chi connectivity index (χ3v) is 6.80. The highest BCUT2D eigenvalue weighted by molar-refractivity contribution is 7.89. The van der Waals surface area contributed by atoms with Gasteiger partial charge < -0.3 is 15.3 Å². The Morgan fingerprint density at radius 2 is 1.64 bits per heavy atom. The van der Waals surface area contributed by atoms with E-state index in [2.05, 4.69) is 14.8 Å². The number of benzene rings is 2. The third-order valence-electron chi connectivity index (χ3n) is 4.95. The Morgan fingerprint density at radius 1 is 1.06 bits per heavy atom. The number of aliphatic imine (C=N–C) groups is 1. The minimum atomic E-state index is -4.13. The topological polar surface area (TPSA) is 157 Å². The van der Waals surface area contributed by atoms with Gasteiger partial charge in [0.1, 0.15) is 5.54 Å². The summed E-state index contributed by atoms with van der Waals surface area (Å²) in [6.07, 6.45) is 1.39. The van der Waals surface area contributed by atoms with E-state index in [4.69, 9.17) is 11.6 Å². The lowest BCUT2D eigenvalue weighted by Crippen LogP contribution is -2.56. The average molecular weight is 495 g/mol. The maximum Gasteiger partial charge on any atom is 0.280 e. The first-order valence-corrected chi connectivity index (χ1v) is 11.6. The van der Waals surface area contributed by atoms with Gasteiger partial charge in [-0.1, -0.05) is 11.6 Å². The Labute approximate surface area is 194 Å². The van der Waals surface area contributed by atoms with Crippen molar-refractivity contribution in [2.24, 2.45) is 4.99 Å². The maximum absolute atomic E-state index is 12.8. The van der Waals surface area contributed by atoms with Crippen LogP contribution in [0.3, 0.4) is 0 Å². The maximum atomic E-state index is 12.8. The first-order chi connectivity index (χ1) is 15.6. The number of aliphatic hydroxyl groups excluding tert-OH is 3. The largest absolute Gasteiger partial charge is 0.394 e. The second-order valence-electron chi connectivity index (χ2n) is 7.38. The van der Waals surface area contributed by atoms with Crippen LogP contribution in [0.1, 0.15) is 11.3 Å². The predicted molar refractivity (Wildman–Crippen MR) is 124 cm³/mol. The standard InChI is InChI=1S/C21H23ClN4O6S/c1-14-19(20(30)26(24-14)17-6-2-15(22)3-7-17)10-23-16-4-8-18(9-5-16)33(31,32)25-21(11-27,12-28)13-29/h2-10,24-25,27-29H,11-13H2,1H3. The van der Waals surface area contributed by atoms with Crippen LogP contribution in [0.15, 0.2) is 63.2 Å². The molecule has 5 N–H and O–H groups in total. The zero-order valence-corrected chi connectivity index (χ0v) is 19.1. The van der Waals surface area contributed by atoms with Gasteiger partial charge in [0.15, 0.2) is 0 Å². The summed E-state index contributed by atoms with van der Waals surface area (Å²) in [6, 6.07) is 12.2. The molecule has 0 aliphatic rings. The van der Waals surface area contributed by atoms with Gasteiger partial charge in [-0.05, 0) is 55.5 Å². The molecule has 2 aromatic carbocycles. The highest BCUT2D eigenvalue weighted by Crippen LogP contribution is 2.19. The molecular weight excluding hydrogens is 472 g/mol. The summed E-state index contributed by atoms with van der Waals surface area (Å²) in [4.78, 5) is 16.9. The molecule has 33 heavy (non-hydrogen) atoms. The first-order valence-electron chi connectivity index (χ1n) is 9.73. The predicted octanol–water partition coefficient (Wildman–Crippen LogP) is 0.872. The molecule has 1 aromatic heterocycles. The zero-order chi connectivity index (χ0) is 24.2. The van der Waals surface area contributed by atoms with Crippen LogP contribution in [0, 0.1) is 6.92 Å². The number of aliphatic hydroxyl groups is 3. The Bertz CT molecular complexity index is 1290. The van der Waals surface area contributed by atoms with Crippen molar-refractivity contribution in [2.75, 3.05) is 19.8 Å². The van der Waals surface area contributed by atoms with E-state index in [9.17, 15) is 28.5 Å². The van der Waals surface area contributed by atoms with Crippen molar-refractivity contribution >= 4 is 33.5 Å². The van der Waals surface area contributed by atoms with Crippen LogP contribution in [0.25, 0.3) is 5.69 Å². The van der Waals surface area contributed by atoms with Gasteiger partial charge in [-0.25, -0.2) is 13.1 Å². The fourth-order valence-corrected chi connectivity index (χ4v) is 4.43. The number of hydrogen-bond donors (Lipinski definition) is 5. The fraction of sp³-hybridized carbons (Fsp3) is 0.238. The van der Waals surface area contributed by atoms with E-state index in [1.807, 2.05) is 0 Å². The molecule has 0 fully saturated rings. The smallest absolute Gasteiger partial charge is 0.280 e. The number of aryl methyl sites for hydroxylation is 1. The number of hydrogen-bond acceptors (Lipinski definition) is 7. The molecule has 1 heterocycles. The number of H-pyrrole nitrogens is 1. The molecule has 0 atom stereocenters. The SMILES string of the molecule is Cc1[nH]n(-c2ccc(Cl)cc2)c(=O)c1C=Nc1ccc(S(=O)(=O)NC(CO)(CO)CO)cc1. The van der Waals surface area contributed by atoms with Gasteiger partial charge in [-0.3, -0.25) is 14.9 Å². The number of halogens is 1. The van der Waals surface area contributed by atoms with Crippen molar-refractivity contribution in [1.29, 1.82) is 0 Å².